The second kappa shape index (κ2) is 7.45. The number of ketones is 1. The third kappa shape index (κ3) is 3.28. The van der Waals surface area contributed by atoms with Gasteiger partial charge in [0.1, 0.15) is 6.04 Å². The smallest absolute Gasteiger partial charge is 0.227 e. The number of benzene rings is 1. The molecule has 2 heterocycles. The molecule has 0 amide bonds. The van der Waals surface area contributed by atoms with Crippen LogP contribution >= 0.6 is 23.4 Å². The summed E-state index contributed by atoms with van der Waals surface area (Å²) in [7, 11) is 0. The van der Waals surface area contributed by atoms with Gasteiger partial charge in [0.05, 0.1) is 0 Å². The highest BCUT2D eigenvalue weighted by Gasteiger charge is 2.36. The number of allylic oxidation sites excluding steroid dienone is 2. The topological polar surface area (TPSA) is 59.8 Å². The number of aromatic nitrogens is 3. The molecule has 2 aliphatic rings. The summed E-state index contributed by atoms with van der Waals surface area (Å²) in [6.07, 6.45) is 4.62. The summed E-state index contributed by atoms with van der Waals surface area (Å²) in [4.78, 5) is 17.4. The van der Waals surface area contributed by atoms with Crippen LogP contribution in [0.25, 0.3) is 0 Å². The highest BCUT2D eigenvalue weighted by Crippen LogP contribution is 2.40. The number of Topliss-reactive ketones (excluding diaryl/α,β-unsaturated/α-hetero) is 1. The van der Waals surface area contributed by atoms with Crippen molar-refractivity contribution in [2.45, 2.75) is 50.2 Å². The molecule has 0 fully saturated rings. The van der Waals surface area contributed by atoms with Crippen LogP contribution in [0, 0.1) is 0 Å². The number of carbonyl (C=O) groups excluding carboxylic acids is 1. The molecule has 0 bridgehead atoms. The van der Waals surface area contributed by atoms with Crippen molar-refractivity contribution in [3.63, 3.8) is 0 Å². The molecule has 26 heavy (non-hydrogen) atoms. The largest absolute Gasteiger partial charge is 0.328 e. The van der Waals surface area contributed by atoms with Crippen LogP contribution in [-0.2, 0) is 4.79 Å². The van der Waals surface area contributed by atoms with Gasteiger partial charge in [0.25, 0.3) is 0 Å². The normalized spacial score (nSPS) is 19.2. The molecule has 0 unspecified atom stereocenters. The van der Waals surface area contributed by atoms with Gasteiger partial charge in [-0.1, -0.05) is 48.8 Å². The number of anilines is 1. The number of hydrogen-bond donors (Lipinski definition) is 1. The zero-order valence-corrected chi connectivity index (χ0v) is 16.2. The van der Waals surface area contributed by atoms with Crippen molar-refractivity contribution in [3.8, 4) is 0 Å². The van der Waals surface area contributed by atoms with Crippen LogP contribution in [0.15, 0.2) is 40.7 Å². The van der Waals surface area contributed by atoms with Gasteiger partial charge in [0.15, 0.2) is 5.78 Å². The van der Waals surface area contributed by atoms with Crippen LogP contribution in [0.1, 0.15) is 50.6 Å². The van der Waals surface area contributed by atoms with E-state index < -0.39 is 0 Å². The monoisotopic (exact) mass is 388 g/mol. The van der Waals surface area contributed by atoms with Gasteiger partial charge in [-0.2, -0.15) is 4.98 Å². The Labute approximate surface area is 162 Å². The van der Waals surface area contributed by atoms with Crippen molar-refractivity contribution in [1.29, 1.82) is 0 Å². The fourth-order valence-electron chi connectivity index (χ4n) is 3.46. The van der Waals surface area contributed by atoms with E-state index in [0.29, 0.717) is 11.4 Å². The Morgan fingerprint density at radius 2 is 2.12 bits per heavy atom. The third-order valence-electron chi connectivity index (χ3n) is 4.76. The molecule has 136 valence electrons. The molecule has 1 aromatic heterocycles. The van der Waals surface area contributed by atoms with Crippen molar-refractivity contribution >= 4 is 35.1 Å². The first-order valence-electron chi connectivity index (χ1n) is 9.05. The van der Waals surface area contributed by atoms with E-state index in [2.05, 4.69) is 17.2 Å². The first-order chi connectivity index (χ1) is 12.7. The Kier molecular flexibility index (Phi) is 5.05. The second-order valence-corrected chi connectivity index (χ2v) is 8.11. The van der Waals surface area contributed by atoms with Gasteiger partial charge in [0.2, 0.25) is 11.1 Å². The molecule has 2 aromatic rings. The second-order valence-electron chi connectivity index (χ2n) is 6.61. The Morgan fingerprint density at radius 3 is 2.88 bits per heavy atom. The SMILES string of the molecule is CCCCSc1nc2n(n1)[C@@H](c1ccc(Cl)cc1)C1=C(CCCC1=O)N2. The molecule has 7 heteroatoms. The first-order valence-corrected chi connectivity index (χ1v) is 10.4. The molecular weight excluding hydrogens is 368 g/mol. The van der Waals surface area contributed by atoms with Crippen LogP contribution < -0.4 is 5.32 Å². The summed E-state index contributed by atoms with van der Waals surface area (Å²) < 4.78 is 1.86. The average Bonchev–Trinajstić information content (AvgIpc) is 3.04. The molecule has 1 atom stereocenters. The van der Waals surface area contributed by atoms with Gasteiger partial charge < -0.3 is 5.32 Å². The van der Waals surface area contributed by atoms with Crippen LogP contribution in [0.5, 0.6) is 0 Å². The Balaban J connectivity index is 1.76. The number of fused-ring (bicyclic) bond motifs is 1. The first kappa shape index (κ1) is 17.6. The van der Waals surface area contributed by atoms with Gasteiger partial charge in [0, 0.05) is 28.5 Å². The van der Waals surface area contributed by atoms with Gasteiger partial charge >= 0.3 is 0 Å². The third-order valence-corrected chi connectivity index (χ3v) is 5.94. The molecule has 1 aliphatic carbocycles. The molecule has 0 saturated heterocycles. The van der Waals surface area contributed by atoms with Gasteiger partial charge in [-0.3, -0.25) is 4.79 Å². The van der Waals surface area contributed by atoms with Crippen LogP contribution in [0.2, 0.25) is 5.02 Å². The molecule has 0 saturated carbocycles. The van der Waals surface area contributed by atoms with E-state index in [9.17, 15) is 4.79 Å². The minimum atomic E-state index is -0.237. The summed E-state index contributed by atoms with van der Waals surface area (Å²) in [6.45, 7) is 2.17. The van der Waals surface area contributed by atoms with Crippen molar-refractivity contribution < 1.29 is 4.79 Å². The average molecular weight is 389 g/mol. The fourth-order valence-corrected chi connectivity index (χ4v) is 4.50. The number of thioether (sulfide) groups is 1. The van der Waals surface area contributed by atoms with Crippen LogP contribution in [0.3, 0.4) is 0 Å². The maximum atomic E-state index is 12.7. The van der Waals surface area contributed by atoms with Crippen LogP contribution in [0.4, 0.5) is 5.95 Å². The zero-order valence-electron chi connectivity index (χ0n) is 14.7. The van der Waals surface area contributed by atoms with Crippen molar-refractivity contribution in [2.24, 2.45) is 0 Å². The van der Waals surface area contributed by atoms with E-state index in [-0.39, 0.29) is 11.8 Å². The predicted molar refractivity (Wildman–Crippen MR) is 105 cm³/mol. The summed E-state index contributed by atoms with van der Waals surface area (Å²) in [5.74, 6) is 1.91. The quantitative estimate of drug-likeness (QED) is 0.586. The lowest BCUT2D eigenvalue weighted by atomic mass is 9.85. The summed E-state index contributed by atoms with van der Waals surface area (Å²) >= 11 is 7.73. The van der Waals surface area contributed by atoms with E-state index in [1.807, 2.05) is 28.9 Å². The van der Waals surface area contributed by atoms with Gasteiger partial charge in [-0.25, -0.2) is 4.68 Å². The Bertz CT molecular complexity index is 859. The predicted octanol–water partition coefficient (Wildman–Crippen LogP) is 4.85. The number of hydrogen-bond acceptors (Lipinski definition) is 5. The Hall–Kier alpha value is -1.79. The van der Waals surface area contributed by atoms with E-state index in [0.717, 1.165) is 59.4 Å². The van der Waals surface area contributed by atoms with Crippen LogP contribution in [-0.4, -0.2) is 26.3 Å². The number of halogens is 1. The summed E-state index contributed by atoms with van der Waals surface area (Å²) in [5, 5.41) is 9.51. The number of nitrogens with zero attached hydrogens (tertiary/aromatic N) is 3. The maximum Gasteiger partial charge on any atom is 0.227 e. The van der Waals surface area contributed by atoms with Gasteiger partial charge in [-0.15, -0.1) is 5.10 Å². The molecule has 5 nitrogen and oxygen atoms in total. The highest BCUT2D eigenvalue weighted by atomic mass is 35.5. The molecule has 0 spiro atoms. The summed E-state index contributed by atoms with van der Waals surface area (Å²) in [5.41, 5.74) is 2.82. The molecule has 1 aromatic carbocycles. The lowest BCUT2D eigenvalue weighted by Gasteiger charge is -2.32. The van der Waals surface area contributed by atoms with Gasteiger partial charge in [-0.05, 0) is 37.0 Å². The zero-order chi connectivity index (χ0) is 18.1. The molecule has 4 rings (SSSR count). The minimum absolute atomic E-state index is 0.194. The molecular formula is C19H21ClN4OS. The summed E-state index contributed by atoms with van der Waals surface area (Å²) in [6, 6.07) is 7.43. The van der Waals surface area contributed by atoms with Crippen molar-refractivity contribution in [3.05, 3.63) is 46.1 Å². The van der Waals surface area contributed by atoms with Crippen molar-refractivity contribution in [1.82, 2.24) is 14.8 Å². The van der Waals surface area contributed by atoms with E-state index in [4.69, 9.17) is 16.7 Å². The fraction of sp³-hybridized carbons (Fsp3) is 0.421. The standard InChI is InChI=1S/C19H21ClN4OS/c1-2-3-11-26-19-22-18-21-14-5-4-6-15(25)16(14)17(24(18)23-19)12-7-9-13(20)10-8-12/h7-10,17H,2-6,11H2,1H3,(H,21,22,23)/t17-/m0/s1. The highest BCUT2D eigenvalue weighted by molar-refractivity contribution is 7.99. The number of carbonyl (C=O) groups is 1. The molecule has 1 N–H and O–H groups in total. The number of nitrogens with one attached hydrogen (secondary N) is 1. The number of unbranched alkanes of at least 4 members (excludes halogenated alkanes) is 1. The van der Waals surface area contributed by atoms with E-state index >= 15 is 0 Å². The van der Waals surface area contributed by atoms with E-state index in [1.54, 1.807) is 11.8 Å². The molecule has 0 radical (unpaired) electrons. The molecule has 1 aliphatic heterocycles. The van der Waals surface area contributed by atoms with Crippen molar-refractivity contribution in [2.75, 3.05) is 11.1 Å². The Morgan fingerprint density at radius 1 is 1.31 bits per heavy atom. The minimum Gasteiger partial charge on any atom is -0.328 e. The lowest BCUT2D eigenvalue weighted by molar-refractivity contribution is -0.116. The number of rotatable bonds is 5. The lowest BCUT2D eigenvalue weighted by Crippen LogP contribution is -2.31. The van der Waals surface area contributed by atoms with E-state index in [1.165, 1.54) is 0 Å². The maximum absolute atomic E-state index is 12.7.